The van der Waals surface area contributed by atoms with Crippen LogP contribution in [0.1, 0.15) is 32.3 Å². The number of aryl methyl sites for hydroxylation is 1. The summed E-state index contributed by atoms with van der Waals surface area (Å²) in [5.41, 5.74) is 2.82. The SMILES string of the molecule is Cc1cc(N2CCC(N(C)C)CC2)nc2ccc(NC(=O)COc3ccc(OC(C)C)cc3)cc12. The van der Waals surface area contributed by atoms with Crippen LogP contribution in [0.15, 0.2) is 48.5 Å². The van der Waals surface area contributed by atoms with Gasteiger partial charge in [0, 0.05) is 30.2 Å². The van der Waals surface area contributed by atoms with Crippen molar-refractivity contribution in [2.75, 3.05) is 44.0 Å². The van der Waals surface area contributed by atoms with Gasteiger partial charge in [-0.3, -0.25) is 4.79 Å². The van der Waals surface area contributed by atoms with E-state index in [0.717, 1.165) is 59.7 Å². The first kappa shape index (κ1) is 24.8. The van der Waals surface area contributed by atoms with Gasteiger partial charge in [0.25, 0.3) is 5.91 Å². The first-order valence-corrected chi connectivity index (χ1v) is 12.3. The van der Waals surface area contributed by atoms with Crippen molar-refractivity contribution < 1.29 is 14.3 Å². The number of hydrogen-bond donors (Lipinski definition) is 1. The maximum absolute atomic E-state index is 12.5. The van der Waals surface area contributed by atoms with Crippen LogP contribution in [-0.2, 0) is 4.79 Å². The molecule has 1 aliphatic rings. The van der Waals surface area contributed by atoms with E-state index in [2.05, 4.69) is 42.2 Å². The molecule has 2 aromatic carbocycles. The molecule has 4 rings (SSSR count). The van der Waals surface area contributed by atoms with E-state index in [1.165, 1.54) is 0 Å². The summed E-state index contributed by atoms with van der Waals surface area (Å²) in [7, 11) is 4.31. The highest BCUT2D eigenvalue weighted by Crippen LogP contribution is 2.27. The number of hydrogen-bond acceptors (Lipinski definition) is 6. The van der Waals surface area contributed by atoms with Gasteiger partial charge in [-0.05, 0) is 102 Å². The highest BCUT2D eigenvalue weighted by molar-refractivity contribution is 5.95. The molecule has 7 nitrogen and oxygen atoms in total. The number of pyridine rings is 1. The Hall–Kier alpha value is -3.32. The number of piperidine rings is 1. The van der Waals surface area contributed by atoms with Gasteiger partial charge in [0.1, 0.15) is 17.3 Å². The molecule has 0 radical (unpaired) electrons. The predicted octanol–water partition coefficient (Wildman–Crippen LogP) is 4.88. The second kappa shape index (κ2) is 11.0. The van der Waals surface area contributed by atoms with Gasteiger partial charge < -0.3 is 24.6 Å². The summed E-state index contributed by atoms with van der Waals surface area (Å²) in [5.74, 6) is 2.22. The third kappa shape index (κ3) is 6.42. The van der Waals surface area contributed by atoms with Crippen LogP contribution in [0.4, 0.5) is 11.5 Å². The third-order valence-electron chi connectivity index (χ3n) is 6.37. The van der Waals surface area contributed by atoms with Crippen molar-refractivity contribution in [1.29, 1.82) is 0 Å². The fraction of sp³-hybridized carbons (Fsp3) is 0.429. The lowest BCUT2D eigenvalue weighted by molar-refractivity contribution is -0.118. The van der Waals surface area contributed by atoms with E-state index in [1.54, 1.807) is 12.1 Å². The van der Waals surface area contributed by atoms with Gasteiger partial charge in [-0.25, -0.2) is 4.98 Å². The second-order valence-corrected chi connectivity index (χ2v) is 9.69. The Morgan fingerprint density at radius 3 is 2.43 bits per heavy atom. The molecule has 0 saturated carbocycles. The largest absolute Gasteiger partial charge is 0.491 e. The minimum atomic E-state index is -0.210. The molecule has 2 heterocycles. The van der Waals surface area contributed by atoms with Gasteiger partial charge >= 0.3 is 0 Å². The Morgan fingerprint density at radius 1 is 1.09 bits per heavy atom. The summed E-state index contributed by atoms with van der Waals surface area (Å²) in [4.78, 5) is 22.1. The average molecular weight is 477 g/mol. The van der Waals surface area contributed by atoms with E-state index in [1.807, 2.05) is 44.2 Å². The van der Waals surface area contributed by atoms with Crippen LogP contribution in [0.3, 0.4) is 0 Å². The van der Waals surface area contributed by atoms with Gasteiger partial charge in [0.15, 0.2) is 6.61 Å². The number of ether oxygens (including phenoxy) is 2. The van der Waals surface area contributed by atoms with Gasteiger partial charge in [-0.1, -0.05) is 0 Å². The average Bonchev–Trinajstić information content (AvgIpc) is 2.83. The van der Waals surface area contributed by atoms with Crippen LogP contribution in [0.25, 0.3) is 10.9 Å². The molecular weight excluding hydrogens is 440 g/mol. The van der Waals surface area contributed by atoms with Crippen molar-refractivity contribution >= 4 is 28.3 Å². The Kier molecular flexibility index (Phi) is 7.76. The summed E-state index contributed by atoms with van der Waals surface area (Å²) < 4.78 is 11.3. The zero-order valence-corrected chi connectivity index (χ0v) is 21.4. The molecule has 1 fully saturated rings. The Morgan fingerprint density at radius 2 is 1.77 bits per heavy atom. The Bertz CT molecular complexity index is 1150. The summed E-state index contributed by atoms with van der Waals surface area (Å²) in [6.45, 7) is 8.02. The standard InChI is InChI=1S/C28H36N4O3/c1-19(2)35-24-9-7-23(8-10-24)34-18-28(33)29-21-6-11-26-25(17-21)20(3)16-27(30-26)32-14-12-22(13-15-32)31(4)5/h6-11,16-17,19,22H,12-15,18H2,1-5H3,(H,29,33). The number of nitrogens with one attached hydrogen (secondary N) is 1. The molecule has 0 atom stereocenters. The van der Waals surface area contributed by atoms with Crippen LogP contribution < -0.4 is 19.7 Å². The van der Waals surface area contributed by atoms with Crippen molar-refractivity contribution in [3.63, 3.8) is 0 Å². The molecule has 186 valence electrons. The van der Waals surface area contributed by atoms with Gasteiger partial charge in [-0.15, -0.1) is 0 Å². The van der Waals surface area contributed by atoms with Crippen LogP contribution in [-0.4, -0.2) is 61.7 Å². The number of nitrogens with zero attached hydrogens (tertiary/aromatic N) is 3. The molecule has 1 amide bonds. The molecule has 1 aromatic heterocycles. The van der Waals surface area contributed by atoms with Crippen molar-refractivity contribution in [2.45, 2.75) is 45.8 Å². The number of carbonyl (C=O) groups excluding carboxylic acids is 1. The van der Waals surface area contributed by atoms with Gasteiger partial charge in [0.2, 0.25) is 0 Å². The topological polar surface area (TPSA) is 66.9 Å². The first-order chi connectivity index (χ1) is 16.8. The molecule has 0 aliphatic carbocycles. The minimum Gasteiger partial charge on any atom is -0.491 e. The number of fused-ring (bicyclic) bond motifs is 1. The molecule has 1 N–H and O–H groups in total. The molecule has 0 bridgehead atoms. The molecule has 3 aromatic rings. The lowest BCUT2D eigenvalue weighted by Gasteiger charge is -2.36. The molecule has 0 unspecified atom stereocenters. The summed E-state index contributed by atoms with van der Waals surface area (Å²) in [6, 6.07) is 15.9. The summed E-state index contributed by atoms with van der Waals surface area (Å²) >= 11 is 0. The molecule has 1 aliphatic heterocycles. The molecular formula is C28H36N4O3. The second-order valence-electron chi connectivity index (χ2n) is 9.69. The van der Waals surface area contributed by atoms with E-state index in [0.29, 0.717) is 11.8 Å². The Labute approximate surface area is 208 Å². The van der Waals surface area contributed by atoms with Crippen LogP contribution in [0, 0.1) is 6.92 Å². The van der Waals surface area contributed by atoms with Crippen LogP contribution in [0.2, 0.25) is 0 Å². The fourth-order valence-electron chi connectivity index (χ4n) is 4.46. The van der Waals surface area contributed by atoms with Crippen LogP contribution >= 0.6 is 0 Å². The number of rotatable bonds is 8. The normalized spacial score (nSPS) is 14.5. The first-order valence-electron chi connectivity index (χ1n) is 12.3. The number of anilines is 2. The van der Waals surface area contributed by atoms with Crippen molar-refractivity contribution in [2.24, 2.45) is 0 Å². The third-order valence-corrected chi connectivity index (χ3v) is 6.37. The number of amides is 1. The maximum Gasteiger partial charge on any atom is 0.262 e. The van der Waals surface area contributed by atoms with Crippen LogP contribution in [0.5, 0.6) is 11.5 Å². The smallest absolute Gasteiger partial charge is 0.262 e. The molecule has 35 heavy (non-hydrogen) atoms. The van der Waals surface area contributed by atoms with Crippen molar-refractivity contribution in [1.82, 2.24) is 9.88 Å². The van der Waals surface area contributed by atoms with E-state index in [4.69, 9.17) is 14.5 Å². The van der Waals surface area contributed by atoms with E-state index in [-0.39, 0.29) is 18.6 Å². The van der Waals surface area contributed by atoms with Gasteiger partial charge in [-0.2, -0.15) is 0 Å². The minimum absolute atomic E-state index is 0.0680. The lowest BCUT2D eigenvalue weighted by atomic mass is 10.0. The fourth-order valence-corrected chi connectivity index (χ4v) is 4.46. The maximum atomic E-state index is 12.5. The van der Waals surface area contributed by atoms with Gasteiger partial charge in [0.05, 0.1) is 11.6 Å². The molecule has 1 saturated heterocycles. The Balaban J connectivity index is 1.36. The quantitative estimate of drug-likeness (QED) is 0.500. The number of carbonyl (C=O) groups is 1. The predicted molar refractivity (Wildman–Crippen MR) is 142 cm³/mol. The van der Waals surface area contributed by atoms with Crippen molar-refractivity contribution in [3.8, 4) is 11.5 Å². The zero-order chi connectivity index (χ0) is 24.9. The lowest BCUT2D eigenvalue weighted by Crippen LogP contribution is -2.42. The summed E-state index contributed by atoms with van der Waals surface area (Å²) in [6.07, 6.45) is 2.41. The monoisotopic (exact) mass is 476 g/mol. The molecule has 7 heteroatoms. The summed E-state index contributed by atoms with van der Waals surface area (Å²) in [5, 5.41) is 3.97. The number of aromatic nitrogens is 1. The zero-order valence-electron chi connectivity index (χ0n) is 21.4. The van der Waals surface area contributed by atoms with E-state index < -0.39 is 0 Å². The van der Waals surface area contributed by atoms with Crippen molar-refractivity contribution in [3.05, 3.63) is 54.1 Å². The highest BCUT2D eigenvalue weighted by Gasteiger charge is 2.22. The highest BCUT2D eigenvalue weighted by atomic mass is 16.5. The number of benzene rings is 2. The molecule has 0 spiro atoms. The van der Waals surface area contributed by atoms with E-state index in [9.17, 15) is 4.79 Å². The van der Waals surface area contributed by atoms with E-state index >= 15 is 0 Å².